The number of ether oxygens (including phenoxy) is 1. The second kappa shape index (κ2) is 7.23. The third-order valence-corrected chi connectivity index (χ3v) is 4.47. The molecule has 1 N–H and O–H groups in total. The Balaban J connectivity index is 1.66. The molecule has 1 aliphatic carbocycles. The molecular weight excluding hydrogens is 346 g/mol. The predicted molar refractivity (Wildman–Crippen MR) is 88.2 cm³/mol. The molecule has 1 amide bonds. The molecule has 26 heavy (non-hydrogen) atoms. The van der Waals surface area contributed by atoms with Crippen molar-refractivity contribution in [3.05, 3.63) is 47.0 Å². The van der Waals surface area contributed by atoms with Crippen molar-refractivity contribution in [2.45, 2.75) is 31.9 Å². The summed E-state index contributed by atoms with van der Waals surface area (Å²) in [6.07, 6.45) is 1.85. The molecule has 0 aromatic heterocycles. The number of amides is 1. The summed E-state index contributed by atoms with van der Waals surface area (Å²) in [5.74, 6) is -2.75. The molecule has 1 heterocycles. The van der Waals surface area contributed by atoms with Crippen molar-refractivity contribution >= 4 is 17.6 Å². The van der Waals surface area contributed by atoms with E-state index in [2.05, 4.69) is 15.2 Å². The number of hydrogen-bond acceptors (Lipinski definition) is 5. The maximum atomic E-state index is 13.4. The third-order valence-electron chi connectivity index (χ3n) is 4.47. The molecule has 6 nitrogen and oxygen atoms in total. The van der Waals surface area contributed by atoms with Crippen LogP contribution in [0.4, 0.5) is 8.78 Å². The summed E-state index contributed by atoms with van der Waals surface area (Å²) in [6.45, 7) is 1.70. The quantitative estimate of drug-likeness (QED) is 0.830. The van der Waals surface area contributed by atoms with E-state index in [1.165, 1.54) is 7.11 Å². The molecule has 0 saturated heterocycles. The fourth-order valence-electron chi connectivity index (χ4n) is 3.12. The van der Waals surface area contributed by atoms with E-state index in [1.54, 1.807) is 13.0 Å². The molecular formula is C18H18F2N2O4. The Hall–Kier alpha value is -2.77. The van der Waals surface area contributed by atoms with Crippen molar-refractivity contribution in [2.75, 3.05) is 7.11 Å². The lowest BCUT2D eigenvalue weighted by Gasteiger charge is -2.17. The lowest BCUT2D eigenvalue weighted by Crippen LogP contribution is -2.43. The topological polar surface area (TPSA) is 77.0 Å². The molecule has 0 fully saturated rings. The van der Waals surface area contributed by atoms with Gasteiger partial charge in [0.1, 0.15) is 11.6 Å². The molecule has 1 aliphatic heterocycles. The van der Waals surface area contributed by atoms with Crippen LogP contribution in [0.25, 0.3) is 0 Å². The van der Waals surface area contributed by atoms with E-state index in [0.717, 1.165) is 18.2 Å². The Bertz CT molecular complexity index is 786. The Morgan fingerprint density at radius 3 is 2.62 bits per heavy atom. The number of oxime groups is 1. The van der Waals surface area contributed by atoms with E-state index in [0.29, 0.717) is 24.1 Å². The van der Waals surface area contributed by atoms with Gasteiger partial charge < -0.3 is 14.9 Å². The normalized spacial score (nSPS) is 24.5. The van der Waals surface area contributed by atoms with Crippen molar-refractivity contribution in [1.82, 2.24) is 5.32 Å². The van der Waals surface area contributed by atoms with Crippen LogP contribution >= 0.6 is 0 Å². The van der Waals surface area contributed by atoms with E-state index < -0.39 is 35.5 Å². The number of rotatable bonds is 4. The third kappa shape index (κ3) is 3.58. The molecule has 0 bridgehead atoms. The van der Waals surface area contributed by atoms with Crippen LogP contribution in [0.3, 0.4) is 0 Å². The summed E-state index contributed by atoms with van der Waals surface area (Å²) in [6, 6.07) is 2.75. The zero-order valence-electron chi connectivity index (χ0n) is 14.3. The van der Waals surface area contributed by atoms with Gasteiger partial charge in [-0.05, 0) is 25.0 Å². The van der Waals surface area contributed by atoms with E-state index in [4.69, 9.17) is 4.84 Å². The molecule has 8 heteroatoms. The first kappa shape index (κ1) is 18.0. The van der Waals surface area contributed by atoms with Gasteiger partial charge in [-0.3, -0.25) is 4.79 Å². The second-order valence-electron chi connectivity index (χ2n) is 6.29. The molecule has 1 unspecified atom stereocenters. The highest BCUT2D eigenvalue weighted by molar-refractivity contribution is 6.05. The summed E-state index contributed by atoms with van der Waals surface area (Å²) < 4.78 is 31.5. The van der Waals surface area contributed by atoms with E-state index in [1.807, 2.05) is 0 Å². The Kier molecular flexibility index (Phi) is 5.01. The van der Waals surface area contributed by atoms with Gasteiger partial charge in [-0.1, -0.05) is 18.2 Å². The van der Waals surface area contributed by atoms with E-state index in [-0.39, 0.29) is 11.6 Å². The van der Waals surface area contributed by atoms with Gasteiger partial charge in [0.2, 0.25) is 6.10 Å². The van der Waals surface area contributed by atoms with Crippen LogP contribution in [-0.2, 0) is 19.2 Å². The summed E-state index contributed by atoms with van der Waals surface area (Å²) in [7, 11) is 1.30. The second-order valence-corrected chi connectivity index (χ2v) is 6.29. The van der Waals surface area contributed by atoms with Crippen LogP contribution in [0.1, 0.15) is 25.3 Å². The molecule has 3 atom stereocenters. The Labute approximate surface area is 148 Å². The molecule has 138 valence electrons. The molecule has 0 radical (unpaired) electrons. The number of nitrogens with zero attached hydrogens (tertiary/aromatic N) is 1. The molecule has 2 aliphatic rings. The van der Waals surface area contributed by atoms with Crippen LogP contribution in [-0.4, -0.2) is 36.8 Å². The molecule has 0 spiro atoms. The highest BCUT2D eigenvalue weighted by atomic mass is 19.1. The lowest BCUT2D eigenvalue weighted by atomic mass is 9.93. The van der Waals surface area contributed by atoms with Gasteiger partial charge in [0.15, 0.2) is 0 Å². The van der Waals surface area contributed by atoms with Crippen molar-refractivity contribution in [1.29, 1.82) is 0 Å². The largest absolute Gasteiger partial charge is 0.466 e. The lowest BCUT2D eigenvalue weighted by molar-refractivity contribution is -0.136. The monoisotopic (exact) mass is 364 g/mol. The number of benzene rings is 1. The molecule has 3 rings (SSSR count). The van der Waals surface area contributed by atoms with Gasteiger partial charge in [-0.15, -0.1) is 0 Å². The van der Waals surface area contributed by atoms with Crippen LogP contribution < -0.4 is 5.32 Å². The summed E-state index contributed by atoms with van der Waals surface area (Å²) in [4.78, 5) is 29.2. The number of carbonyl (C=O) groups is 2. The van der Waals surface area contributed by atoms with Crippen molar-refractivity contribution in [2.24, 2.45) is 11.1 Å². The predicted octanol–water partition coefficient (Wildman–Crippen LogP) is 2.08. The highest BCUT2D eigenvalue weighted by Gasteiger charge is 2.38. The number of hydrogen-bond donors (Lipinski definition) is 1. The van der Waals surface area contributed by atoms with Gasteiger partial charge in [0.25, 0.3) is 5.91 Å². The molecule has 0 saturated carbocycles. The highest BCUT2D eigenvalue weighted by Crippen LogP contribution is 2.25. The summed E-state index contributed by atoms with van der Waals surface area (Å²) >= 11 is 0. The number of esters is 1. The van der Waals surface area contributed by atoms with Crippen LogP contribution in [0.5, 0.6) is 0 Å². The number of nitrogens with one attached hydrogen (secondary N) is 1. The van der Waals surface area contributed by atoms with Crippen molar-refractivity contribution < 1.29 is 27.9 Å². The van der Waals surface area contributed by atoms with Crippen LogP contribution in [0, 0.1) is 17.6 Å². The van der Waals surface area contributed by atoms with Gasteiger partial charge in [0.05, 0.1) is 18.7 Å². The van der Waals surface area contributed by atoms with E-state index >= 15 is 0 Å². The fourth-order valence-corrected chi connectivity index (χ4v) is 3.12. The average molecular weight is 364 g/mol. The SMILES string of the molecule is COC(=O)C1=C[C@@H](NC(=O)[C@@H]2ON=C(c3cc(F)cc(F)c3)C2C)CC1. The minimum absolute atomic E-state index is 0.235. The van der Waals surface area contributed by atoms with Gasteiger partial charge >= 0.3 is 5.97 Å². The standard InChI is InChI=1S/C18H18F2N2O4/c1-9-15(11-5-12(19)8-13(20)6-11)22-26-16(9)17(23)21-14-4-3-10(7-14)18(24)25-2/h5-9,14,16H,3-4H2,1-2H3,(H,21,23)/t9?,14-,16+/m0/s1. The molecule has 1 aromatic carbocycles. The number of methoxy groups -OCH3 is 1. The number of halogens is 2. The first-order valence-corrected chi connectivity index (χ1v) is 8.18. The minimum atomic E-state index is -0.910. The number of carbonyl (C=O) groups excluding carboxylic acids is 2. The van der Waals surface area contributed by atoms with Crippen LogP contribution in [0.15, 0.2) is 35.0 Å². The zero-order chi connectivity index (χ0) is 18.8. The summed E-state index contributed by atoms with van der Waals surface area (Å²) in [5.41, 5.74) is 1.06. The fraction of sp³-hybridized carbons (Fsp3) is 0.389. The van der Waals surface area contributed by atoms with Crippen LogP contribution in [0.2, 0.25) is 0 Å². The summed E-state index contributed by atoms with van der Waals surface area (Å²) in [5, 5.41) is 6.62. The minimum Gasteiger partial charge on any atom is -0.466 e. The Morgan fingerprint density at radius 1 is 1.27 bits per heavy atom. The Morgan fingerprint density at radius 2 is 1.96 bits per heavy atom. The zero-order valence-corrected chi connectivity index (χ0v) is 14.3. The maximum absolute atomic E-state index is 13.4. The van der Waals surface area contributed by atoms with Gasteiger partial charge in [-0.2, -0.15) is 0 Å². The maximum Gasteiger partial charge on any atom is 0.333 e. The van der Waals surface area contributed by atoms with E-state index in [9.17, 15) is 18.4 Å². The first-order chi connectivity index (χ1) is 12.4. The van der Waals surface area contributed by atoms with Crippen molar-refractivity contribution in [3.63, 3.8) is 0 Å². The van der Waals surface area contributed by atoms with Gasteiger partial charge in [-0.25, -0.2) is 13.6 Å². The average Bonchev–Trinajstić information content (AvgIpc) is 3.20. The smallest absolute Gasteiger partial charge is 0.333 e. The van der Waals surface area contributed by atoms with Crippen molar-refractivity contribution in [3.8, 4) is 0 Å². The first-order valence-electron chi connectivity index (χ1n) is 8.18. The molecule has 1 aromatic rings. The van der Waals surface area contributed by atoms with Gasteiger partial charge in [0, 0.05) is 23.2 Å².